The van der Waals surface area contributed by atoms with E-state index in [9.17, 15) is 4.79 Å². The molecule has 1 aliphatic carbocycles. The molecule has 0 radical (unpaired) electrons. The molecule has 0 unspecified atom stereocenters. The summed E-state index contributed by atoms with van der Waals surface area (Å²) in [4.78, 5) is 11.9. The zero-order chi connectivity index (χ0) is 15.9. The lowest BCUT2D eigenvalue weighted by molar-refractivity contribution is 0.255. The molecule has 118 valence electrons. The molecule has 2 aromatic rings. The third kappa shape index (κ3) is 4.61. The molecule has 0 aromatic heterocycles. The van der Waals surface area contributed by atoms with Gasteiger partial charge in [-0.15, -0.1) is 0 Å². The van der Waals surface area contributed by atoms with Crippen LogP contribution in [0.3, 0.4) is 0 Å². The van der Waals surface area contributed by atoms with E-state index in [4.69, 9.17) is 0 Å². The first-order chi connectivity index (χ1) is 11.3. The van der Waals surface area contributed by atoms with Gasteiger partial charge in [-0.25, -0.2) is 4.79 Å². The van der Waals surface area contributed by atoms with E-state index < -0.39 is 0 Å². The van der Waals surface area contributed by atoms with E-state index in [1.54, 1.807) is 0 Å². The minimum Gasteiger partial charge on any atom is -0.356 e. The van der Waals surface area contributed by atoms with Crippen LogP contribution in [0, 0.1) is 0 Å². The van der Waals surface area contributed by atoms with Crippen molar-refractivity contribution < 1.29 is 4.79 Å². The Hall–Kier alpha value is -2.75. The summed E-state index contributed by atoms with van der Waals surface area (Å²) in [5.41, 5.74) is 4.11. The fraction of sp³-hybridized carbons (Fsp3) is 0.211. The number of amides is 2. The summed E-state index contributed by atoms with van der Waals surface area (Å²) in [7, 11) is 0. The molecule has 0 heterocycles. The SMILES string of the molecule is O=C(NC=C1CCCC1)Nc1ccc(Nc2ccccc2)cc1. The second-order valence-corrected chi connectivity index (χ2v) is 5.68. The van der Waals surface area contributed by atoms with Crippen LogP contribution in [0.25, 0.3) is 0 Å². The Morgan fingerprint density at radius 1 is 0.826 bits per heavy atom. The summed E-state index contributed by atoms with van der Waals surface area (Å²) in [6, 6.07) is 17.4. The second kappa shape index (κ2) is 7.49. The van der Waals surface area contributed by atoms with Gasteiger partial charge >= 0.3 is 6.03 Å². The Kier molecular flexibility index (Phi) is 4.94. The third-order valence-electron chi connectivity index (χ3n) is 3.86. The van der Waals surface area contributed by atoms with Gasteiger partial charge in [0.2, 0.25) is 0 Å². The molecule has 4 nitrogen and oxygen atoms in total. The summed E-state index contributed by atoms with van der Waals surface area (Å²) < 4.78 is 0. The Bertz CT molecular complexity index is 670. The summed E-state index contributed by atoms with van der Waals surface area (Å²) >= 11 is 0. The largest absolute Gasteiger partial charge is 0.356 e. The zero-order valence-electron chi connectivity index (χ0n) is 13.0. The number of urea groups is 1. The molecule has 1 fully saturated rings. The molecular weight excluding hydrogens is 286 g/mol. The quantitative estimate of drug-likeness (QED) is 0.743. The van der Waals surface area contributed by atoms with Crippen molar-refractivity contribution in [2.45, 2.75) is 25.7 Å². The molecule has 3 rings (SSSR count). The fourth-order valence-electron chi connectivity index (χ4n) is 2.63. The molecular formula is C19H21N3O. The maximum atomic E-state index is 11.9. The summed E-state index contributed by atoms with van der Waals surface area (Å²) in [6.07, 6.45) is 6.49. The number of hydrogen-bond donors (Lipinski definition) is 3. The van der Waals surface area contributed by atoms with Crippen molar-refractivity contribution in [1.29, 1.82) is 0 Å². The Morgan fingerprint density at radius 2 is 1.43 bits per heavy atom. The Labute approximate surface area is 136 Å². The van der Waals surface area contributed by atoms with Crippen molar-refractivity contribution in [2.24, 2.45) is 0 Å². The first-order valence-corrected chi connectivity index (χ1v) is 7.97. The maximum Gasteiger partial charge on any atom is 0.323 e. The minimum atomic E-state index is -0.201. The van der Waals surface area contributed by atoms with Crippen LogP contribution in [0.1, 0.15) is 25.7 Å². The first-order valence-electron chi connectivity index (χ1n) is 7.97. The molecule has 0 bridgehead atoms. The van der Waals surface area contributed by atoms with E-state index in [1.807, 2.05) is 60.8 Å². The average molecular weight is 307 g/mol. The van der Waals surface area contributed by atoms with Gasteiger partial charge in [0.05, 0.1) is 0 Å². The van der Waals surface area contributed by atoms with Gasteiger partial charge in [-0.3, -0.25) is 0 Å². The van der Waals surface area contributed by atoms with E-state index in [0.29, 0.717) is 0 Å². The van der Waals surface area contributed by atoms with Gasteiger partial charge in [-0.05, 0) is 62.1 Å². The Morgan fingerprint density at radius 3 is 2.13 bits per heavy atom. The average Bonchev–Trinajstić information content (AvgIpc) is 3.09. The number of para-hydroxylation sites is 1. The number of benzene rings is 2. The lowest BCUT2D eigenvalue weighted by Gasteiger charge is -2.08. The number of anilines is 3. The van der Waals surface area contributed by atoms with E-state index in [0.717, 1.165) is 29.9 Å². The van der Waals surface area contributed by atoms with E-state index in [1.165, 1.54) is 18.4 Å². The highest BCUT2D eigenvalue weighted by molar-refractivity contribution is 5.90. The molecule has 3 N–H and O–H groups in total. The van der Waals surface area contributed by atoms with Gasteiger partial charge in [-0.2, -0.15) is 0 Å². The number of rotatable bonds is 4. The molecule has 0 spiro atoms. The number of nitrogens with one attached hydrogen (secondary N) is 3. The van der Waals surface area contributed by atoms with E-state index >= 15 is 0 Å². The van der Waals surface area contributed by atoms with Crippen molar-refractivity contribution in [1.82, 2.24) is 5.32 Å². The minimum absolute atomic E-state index is 0.201. The predicted molar refractivity (Wildman–Crippen MR) is 94.9 cm³/mol. The van der Waals surface area contributed by atoms with Gasteiger partial charge in [0.15, 0.2) is 0 Å². The van der Waals surface area contributed by atoms with Crippen molar-refractivity contribution in [3.63, 3.8) is 0 Å². The molecule has 2 amide bonds. The van der Waals surface area contributed by atoms with Crippen molar-refractivity contribution >= 4 is 23.1 Å². The maximum absolute atomic E-state index is 11.9. The number of carbonyl (C=O) groups excluding carboxylic acids is 1. The van der Waals surface area contributed by atoms with Gasteiger partial charge in [0, 0.05) is 23.3 Å². The zero-order valence-corrected chi connectivity index (χ0v) is 13.0. The normalized spacial score (nSPS) is 13.5. The van der Waals surface area contributed by atoms with E-state index in [2.05, 4.69) is 16.0 Å². The fourth-order valence-corrected chi connectivity index (χ4v) is 2.63. The standard InChI is InChI=1S/C19H21N3O/c23-19(20-14-15-6-4-5-7-15)22-18-12-10-17(11-13-18)21-16-8-2-1-3-9-16/h1-3,8-14,21H,4-7H2,(H2,20,22,23). The molecule has 4 heteroatoms. The number of hydrogen-bond acceptors (Lipinski definition) is 2. The smallest absolute Gasteiger partial charge is 0.323 e. The first kappa shape index (κ1) is 15.2. The van der Waals surface area contributed by atoms with E-state index in [-0.39, 0.29) is 6.03 Å². The molecule has 0 atom stereocenters. The van der Waals surface area contributed by atoms with Crippen LogP contribution in [-0.2, 0) is 0 Å². The monoisotopic (exact) mass is 307 g/mol. The van der Waals surface area contributed by atoms with Gasteiger partial charge in [0.1, 0.15) is 0 Å². The van der Waals surface area contributed by atoms with Crippen LogP contribution in [0.15, 0.2) is 66.4 Å². The van der Waals surface area contributed by atoms with Crippen molar-refractivity contribution in [3.05, 3.63) is 66.4 Å². The molecule has 2 aromatic carbocycles. The second-order valence-electron chi connectivity index (χ2n) is 5.68. The van der Waals surface area contributed by atoms with Crippen LogP contribution < -0.4 is 16.0 Å². The van der Waals surface area contributed by atoms with Crippen LogP contribution in [0.5, 0.6) is 0 Å². The molecule has 23 heavy (non-hydrogen) atoms. The van der Waals surface area contributed by atoms with Gasteiger partial charge in [0.25, 0.3) is 0 Å². The summed E-state index contributed by atoms with van der Waals surface area (Å²) in [5, 5.41) is 8.94. The Balaban J connectivity index is 1.52. The van der Waals surface area contributed by atoms with Crippen molar-refractivity contribution in [2.75, 3.05) is 10.6 Å². The molecule has 1 aliphatic rings. The van der Waals surface area contributed by atoms with Gasteiger partial charge < -0.3 is 16.0 Å². The summed E-state index contributed by atoms with van der Waals surface area (Å²) in [6.45, 7) is 0. The molecule has 0 aliphatic heterocycles. The summed E-state index contributed by atoms with van der Waals surface area (Å²) in [5.74, 6) is 0. The molecule has 1 saturated carbocycles. The number of carbonyl (C=O) groups is 1. The predicted octanol–water partition coefficient (Wildman–Crippen LogP) is 5.01. The third-order valence-corrected chi connectivity index (χ3v) is 3.86. The van der Waals surface area contributed by atoms with Crippen LogP contribution in [0.4, 0.5) is 21.9 Å². The van der Waals surface area contributed by atoms with Crippen molar-refractivity contribution in [3.8, 4) is 0 Å². The lowest BCUT2D eigenvalue weighted by Crippen LogP contribution is -2.24. The van der Waals surface area contributed by atoms with Crippen LogP contribution in [-0.4, -0.2) is 6.03 Å². The highest BCUT2D eigenvalue weighted by atomic mass is 16.2. The lowest BCUT2D eigenvalue weighted by atomic mass is 10.2. The van der Waals surface area contributed by atoms with Crippen LogP contribution in [0.2, 0.25) is 0 Å². The highest BCUT2D eigenvalue weighted by Crippen LogP contribution is 2.22. The van der Waals surface area contributed by atoms with Crippen LogP contribution >= 0.6 is 0 Å². The topological polar surface area (TPSA) is 53.2 Å². The molecule has 0 saturated heterocycles. The van der Waals surface area contributed by atoms with Gasteiger partial charge in [-0.1, -0.05) is 23.8 Å². The highest BCUT2D eigenvalue weighted by Gasteiger charge is 2.07. The number of allylic oxidation sites excluding steroid dienone is 1.